The number of nitrogens with one attached hydrogen (secondary N) is 1. The number of hydrogen-bond donors (Lipinski definition) is 1. The van der Waals surface area contributed by atoms with Gasteiger partial charge in [0, 0.05) is 13.6 Å². The van der Waals surface area contributed by atoms with Crippen LogP contribution in [0.4, 0.5) is 5.69 Å². The van der Waals surface area contributed by atoms with E-state index in [-0.39, 0.29) is 17.3 Å². The van der Waals surface area contributed by atoms with Crippen molar-refractivity contribution in [2.45, 2.75) is 31.3 Å². The number of hydrogen-bond acceptors (Lipinski definition) is 4. The molecule has 3 aromatic carbocycles. The molecule has 0 heterocycles. The number of anilines is 1. The molecule has 2 amide bonds. The Morgan fingerprint density at radius 3 is 2.12 bits per heavy atom. The SMILES string of the molecule is CNC(=O)[C@@H](C)N(Cc1ccccc1)C(=O)CN(c1cccc(C)c1)S(=O)(=O)c1ccccc1. The molecule has 7 nitrogen and oxygen atoms in total. The lowest BCUT2D eigenvalue weighted by Crippen LogP contribution is -2.50. The predicted octanol–water partition coefficient (Wildman–Crippen LogP) is 3.35. The molecule has 8 heteroatoms. The van der Waals surface area contributed by atoms with Crippen LogP contribution in [0.3, 0.4) is 0 Å². The Morgan fingerprint density at radius 2 is 1.53 bits per heavy atom. The fourth-order valence-corrected chi connectivity index (χ4v) is 5.03. The molecule has 0 aliphatic rings. The molecule has 1 atom stereocenters. The number of carbonyl (C=O) groups is 2. The fraction of sp³-hybridized carbons (Fsp3) is 0.231. The standard InChI is InChI=1S/C26H29N3O4S/c1-20-11-10-14-23(17-20)29(34(32,33)24-15-8-5-9-16-24)19-25(30)28(21(2)26(31)27-3)18-22-12-6-4-7-13-22/h4-17,21H,18-19H2,1-3H3,(H,27,31)/t21-/m1/s1. The first-order chi connectivity index (χ1) is 16.2. The van der Waals surface area contributed by atoms with Crippen molar-refractivity contribution in [1.29, 1.82) is 0 Å². The topological polar surface area (TPSA) is 86.8 Å². The van der Waals surface area contributed by atoms with E-state index in [1.54, 1.807) is 43.3 Å². The van der Waals surface area contributed by atoms with Gasteiger partial charge in [-0.25, -0.2) is 8.42 Å². The molecule has 0 radical (unpaired) electrons. The van der Waals surface area contributed by atoms with Crippen molar-refractivity contribution in [1.82, 2.24) is 10.2 Å². The molecular formula is C26H29N3O4S. The number of carbonyl (C=O) groups excluding carboxylic acids is 2. The molecule has 0 saturated carbocycles. The van der Waals surface area contributed by atoms with Gasteiger partial charge < -0.3 is 10.2 Å². The molecule has 3 aromatic rings. The summed E-state index contributed by atoms with van der Waals surface area (Å²) in [6.07, 6.45) is 0. The third-order valence-corrected chi connectivity index (χ3v) is 7.30. The van der Waals surface area contributed by atoms with Crippen LogP contribution in [0.25, 0.3) is 0 Å². The highest BCUT2D eigenvalue weighted by molar-refractivity contribution is 7.92. The third kappa shape index (κ3) is 5.82. The van der Waals surface area contributed by atoms with Crippen molar-refractivity contribution in [3.05, 3.63) is 96.1 Å². The van der Waals surface area contributed by atoms with E-state index >= 15 is 0 Å². The Labute approximate surface area is 201 Å². The van der Waals surface area contributed by atoms with Crippen molar-refractivity contribution in [2.75, 3.05) is 17.9 Å². The van der Waals surface area contributed by atoms with Crippen LogP contribution in [0.1, 0.15) is 18.1 Å². The number of aryl methyl sites for hydroxylation is 1. The first-order valence-electron chi connectivity index (χ1n) is 10.9. The average Bonchev–Trinajstić information content (AvgIpc) is 2.85. The second-order valence-corrected chi connectivity index (χ2v) is 9.82. The third-order valence-electron chi connectivity index (χ3n) is 5.51. The summed E-state index contributed by atoms with van der Waals surface area (Å²) in [5.41, 5.74) is 2.07. The molecule has 178 valence electrons. The highest BCUT2D eigenvalue weighted by atomic mass is 32.2. The van der Waals surface area contributed by atoms with Gasteiger partial charge in [0.2, 0.25) is 11.8 Å². The lowest BCUT2D eigenvalue weighted by atomic mass is 10.1. The van der Waals surface area contributed by atoms with E-state index in [2.05, 4.69) is 5.32 Å². The van der Waals surface area contributed by atoms with Gasteiger partial charge in [0.1, 0.15) is 12.6 Å². The lowest BCUT2D eigenvalue weighted by molar-refractivity contribution is -0.139. The summed E-state index contributed by atoms with van der Waals surface area (Å²) in [7, 11) is -2.54. The van der Waals surface area contributed by atoms with E-state index < -0.39 is 28.5 Å². The second-order valence-electron chi connectivity index (χ2n) is 7.96. The molecule has 3 rings (SSSR count). The molecule has 0 fully saturated rings. The van der Waals surface area contributed by atoms with E-state index in [1.807, 2.05) is 43.3 Å². The minimum absolute atomic E-state index is 0.0817. The first kappa shape index (κ1) is 25.0. The minimum Gasteiger partial charge on any atom is -0.357 e. The summed E-state index contributed by atoms with van der Waals surface area (Å²) in [6, 6.07) is 23.5. The molecule has 0 unspecified atom stereocenters. The van der Waals surface area contributed by atoms with Crippen LogP contribution in [0.15, 0.2) is 89.8 Å². The van der Waals surface area contributed by atoms with Crippen LogP contribution >= 0.6 is 0 Å². The summed E-state index contributed by atoms with van der Waals surface area (Å²) < 4.78 is 28.3. The van der Waals surface area contributed by atoms with Gasteiger partial charge in [-0.1, -0.05) is 60.7 Å². The van der Waals surface area contributed by atoms with Gasteiger partial charge in [-0.2, -0.15) is 0 Å². The van der Waals surface area contributed by atoms with Crippen LogP contribution in [-0.4, -0.2) is 44.8 Å². The van der Waals surface area contributed by atoms with Gasteiger partial charge >= 0.3 is 0 Å². The molecule has 0 spiro atoms. The zero-order valence-electron chi connectivity index (χ0n) is 19.5. The summed E-state index contributed by atoms with van der Waals surface area (Å²) in [4.78, 5) is 27.5. The minimum atomic E-state index is -4.04. The Kier molecular flexibility index (Phi) is 8.07. The van der Waals surface area contributed by atoms with E-state index in [4.69, 9.17) is 0 Å². The molecule has 0 bridgehead atoms. The highest BCUT2D eigenvalue weighted by Crippen LogP contribution is 2.25. The van der Waals surface area contributed by atoms with Gasteiger partial charge in [-0.05, 0) is 49.2 Å². The Morgan fingerprint density at radius 1 is 0.912 bits per heavy atom. The lowest BCUT2D eigenvalue weighted by Gasteiger charge is -2.31. The largest absolute Gasteiger partial charge is 0.357 e. The number of nitrogens with zero attached hydrogens (tertiary/aromatic N) is 2. The summed E-state index contributed by atoms with van der Waals surface area (Å²) in [6.45, 7) is 3.20. The Balaban J connectivity index is 2.01. The monoisotopic (exact) mass is 479 g/mol. The van der Waals surface area contributed by atoms with Crippen molar-refractivity contribution < 1.29 is 18.0 Å². The van der Waals surface area contributed by atoms with E-state index in [0.717, 1.165) is 15.4 Å². The number of amides is 2. The van der Waals surface area contributed by atoms with Crippen LogP contribution in [0, 0.1) is 6.92 Å². The second kappa shape index (κ2) is 11.0. The fourth-order valence-electron chi connectivity index (χ4n) is 3.60. The van der Waals surface area contributed by atoms with Gasteiger partial charge in [0.05, 0.1) is 10.6 Å². The maximum absolute atomic E-state index is 13.6. The number of benzene rings is 3. The van der Waals surface area contributed by atoms with E-state index in [9.17, 15) is 18.0 Å². The van der Waals surface area contributed by atoms with Crippen molar-refractivity contribution >= 4 is 27.5 Å². The first-order valence-corrected chi connectivity index (χ1v) is 12.4. The highest BCUT2D eigenvalue weighted by Gasteiger charge is 2.32. The molecule has 1 N–H and O–H groups in total. The average molecular weight is 480 g/mol. The Hall–Kier alpha value is -3.65. The van der Waals surface area contributed by atoms with Crippen LogP contribution in [0.5, 0.6) is 0 Å². The van der Waals surface area contributed by atoms with Gasteiger partial charge in [0.25, 0.3) is 10.0 Å². The zero-order valence-corrected chi connectivity index (χ0v) is 20.3. The molecule has 0 aromatic heterocycles. The Bertz CT molecular complexity index is 1230. The molecule has 0 aliphatic carbocycles. The van der Waals surface area contributed by atoms with E-state index in [1.165, 1.54) is 24.1 Å². The zero-order chi connectivity index (χ0) is 24.7. The van der Waals surface area contributed by atoms with Gasteiger partial charge in [-0.15, -0.1) is 0 Å². The predicted molar refractivity (Wildman–Crippen MR) is 133 cm³/mol. The summed E-state index contributed by atoms with van der Waals surface area (Å²) in [5.74, 6) is -0.821. The quantitative estimate of drug-likeness (QED) is 0.510. The number of sulfonamides is 1. The van der Waals surface area contributed by atoms with E-state index in [0.29, 0.717) is 5.69 Å². The maximum atomic E-state index is 13.6. The van der Waals surface area contributed by atoms with Crippen molar-refractivity contribution in [3.63, 3.8) is 0 Å². The molecule has 0 aliphatic heterocycles. The number of likely N-dealkylation sites (N-methyl/N-ethyl adjacent to an activating group) is 1. The van der Waals surface area contributed by atoms with Gasteiger partial charge in [0.15, 0.2) is 0 Å². The smallest absolute Gasteiger partial charge is 0.264 e. The van der Waals surface area contributed by atoms with Crippen LogP contribution in [-0.2, 0) is 26.2 Å². The van der Waals surface area contributed by atoms with Crippen molar-refractivity contribution in [3.8, 4) is 0 Å². The maximum Gasteiger partial charge on any atom is 0.264 e. The summed E-state index contributed by atoms with van der Waals surface area (Å²) >= 11 is 0. The summed E-state index contributed by atoms with van der Waals surface area (Å²) in [5, 5.41) is 2.57. The molecule has 0 saturated heterocycles. The molecule has 34 heavy (non-hydrogen) atoms. The van der Waals surface area contributed by atoms with Crippen LogP contribution < -0.4 is 9.62 Å². The normalized spacial score (nSPS) is 12.0. The van der Waals surface area contributed by atoms with Crippen LogP contribution in [0.2, 0.25) is 0 Å². The van der Waals surface area contributed by atoms with Crippen molar-refractivity contribution in [2.24, 2.45) is 0 Å². The van der Waals surface area contributed by atoms with Gasteiger partial charge in [-0.3, -0.25) is 13.9 Å². The number of rotatable bonds is 9. The molecular weight excluding hydrogens is 450 g/mol.